The standard InChI is InChI=1S/C15H17N7O2.C9H10O3/c16-13(17)12-9-18-15(21-20-12)19-11-3-1-10(2-4-11)14(23)22-5-7-24-8-6-22;1-2-12-8-5-3-7(4-6-8)9(10)11/h1-4,9H,5-8H2,(H3,16,17)(H,18,19,21);3-6H,2H2,1H3,(H,10,11). The number of nitrogens with two attached hydrogens (primary N) is 1. The minimum Gasteiger partial charge on any atom is -0.494 e. The van der Waals surface area contributed by atoms with Gasteiger partial charge in [-0.15, -0.1) is 10.2 Å². The molecule has 0 radical (unpaired) electrons. The van der Waals surface area contributed by atoms with E-state index < -0.39 is 5.97 Å². The Morgan fingerprint density at radius 2 is 1.72 bits per heavy atom. The summed E-state index contributed by atoms with van der Waals surface area (Å²) in [6.07, 6.45) is 1.37. The van der Waals surface area contributed by atoms with Crippen molar-refractivity contribution in [2.24, 2.45) is 5.73 Å². The van der Waals surface area contributed by atoms with Crippen LogP contribution in [0.5, 0.6) is 5.75 Å². The first-order valence-electron chi connectivity index (χ1n) is 11.1. The second-order valence-electron chi connectivity index (χ2n) is 7.45. The van der Waals surface area contributed by atoms with Crippen molar-refractivity contribution in [3.05, 3.63) is 71.5 Å². The van der Waals surface area contributed by atoms with Crippen molar-refractivity contribution in [2.75, 3.05) is 38.2 Å². The van der Waals surface area contributed by atoms with Crippen molar-refractivity contribution >= 4 is 29.3 Å². The van der Waals surface area contributed by atoms with E-state index in [4.69, 9.17) is 25.7 Å². The number of amides is 1. The van der Waals surface area contributed by atoms with Crippen molar-refractivity contribution in [3.8, 4) is 5.75 Å². The van der Waals surface area contributed by atoms with E-state index in [-0.39, 0.29) is 28.9 Å². The quantitative estimate of drug-likeness (QED) is 0.282. The molecule has 1 fully saturated rings. The topological polar surface area (TPSA) is 177 Å². The van der Waals surface area contributed by atoms with E-state index in [0.717, 1.165) is 5.69 Å². The summed E-state index contributed by atoms with van der Waals surface area (Å²) in [5.41, 5.74) is 7.14. The fourth-order valence-corrected chi connectivity index (χ4v) is 3.09. The van der Waals surface area contributed by atoms with Crippen LogP contribution in [-0.4, -0.2) is 75.8 Å². The monoisotopic (exact) mass is 493 g/mol. The Balaban J connectivity index is 0.000000253. The molecule has 2 aromatic carbocycles. The lowest BCUT2D eigenvalue weighted by Crippen LogP contribution is -2.40. The van der Waals surface area contributed by atoms with Crippen molar-refractivity contribution in [1.29, 1.82) is 5.41 Å². The normalized spacial score (nSPS) is 12.6. The summed E-state index contributed by atoms with van der Waals surface area (Å²) in [6.45, 7) is 4.84. The number of benzene rings is 2. The number of aromatic nitrogens is 3. The smallest absolute Gasteiger partial charge is 0.335 e. The summed E-state index contributed by atoms with van der Waals surface area (Å²) in [6, 6.07) is 13.4. The minimum atomic E-state index is -0.918. The molecular formula is C24H27N7O5. The molecule has 12 heteroatoms. The largest absolute Gasteiger partial charge is 0.494 e. The summed E-state index contributed by atoms with van der Waals surface area (Å²) < 4.78 is 10.4. The lowest BCUT2D eigenvalue weighted by molar-refractivity contribution is 0.0303. The number of aromatic carboxylic acids is 1. The van der Waals surface area contributed by atoms with Gasteiger partial charge in [0.2, 0.25) is 5.95 Å². The van der Waals surface area contributed by atoms with Crippen LogP contribution < -0.4 is 15.8 Å². The molecule has 0 unspecified atom stereocenters. The molecule has 36 heavy (non-hydrogen) atoms. The van der Waals surface area contributed by atoms with Crippen LogP contribution in [0.3, 0.4) is 0 Å². The Labute approximate surface area is 207 Å². The van der Waals surface area contributed by atoms with Crippen LogP contribution in [-0.2, 0) is 4.74 Å². The molecule has 0 spiro atoms. The molecule has 0 atom stereocenters. The Hall–Kier alpha value is -4.58. The highest BCUT2D eigenvalue weighted by molar-refractivity contribution is 5.94. The van der Waals surface area contributed by atoms with E-state index in [9.17, 15) is 9.59 Å². The molecule has 5 N–H and O–H groups in total. The van der Waals surface area contributed by atoms with E-state index in [1.54, 1.807) is 41.3 Å². The van der Waals surface area contributed by atoms with Gasteiger partial charge < -0.3 is 30.5 Å². The molecule has 0 bridgehead atoms. The average molecular weight is 494 g/mol. The fraction of sp³-hybridized carbons (Fsp3) is 0.250. The number of anilines is 2. The van der Waals surface area contributed by atoms with Gasteiger partial charge in [-0.1, -0.05) is 0 Å². The van der Waals surface area contributed by atoms with Gasteiger partial charge in [0, 0.05) is 24.3 Å². The predicted molar refractivity (Wildman–Crippen MR) is 132 cm³/mol. The molecule has 188 valence electrons. The van der Waals surface area contributed by atoms with Crippen LogP contribution in [0.15, 0.2) is 54.7 Å². The SMILES string of the molecule is CCOc1ccc(C(=O)O)cc1.N=C(N)c1cnc(Nc2ccc(C(=O)N3CCOCC3)cc2)nn1. The number of carboxylic acid groups (broad SMARTS) is 1. The van der Waals surface area contributed by atoms with Gasteiger partial charge in [0.15, 0.2) is 0 Å². The van der Waals surface area contributed by atoms with Gasteiger partial charge in [-0.25, -0.2) is 9.78 Å². The molecule has 1 amide bonds. The number of nitrogens with zero attached hydrogens (tertiary/aromatic N) is 4. The number of nitrogen functional groups attached to an aromatic ring is 1. The first-order chi connectivity index (χ1) is 17.4. The zero-order valence-electron chi connectivity index (χ0n) is 19.7. The number of nitrogens with one attached hydrogen (secondary N) is 2. The van der Waals surface area contributed by atoms with Crippen molar-refractivity contribution < 1.29 is 24.2 Å². The molecule has 1 saturated heterocycles. The van der Waals surface area contributed by atoms with Crippen LogP contribution in [0.25, 0.3) is 0 Å². The Morgan fingerprint density at radius 3 is 2.25 bits per heavy atom. The molecule has 3 aromatic rings. The molecule has 12 nitrogen and oxygen atoms in total. The third-order valence-electron chi connectivity index (χ3n) is 4.94. The fourth-order valence-electron chi connectivity index (χ4n) is 3.09. The maximum atomic E-state index is 12.4. The first kappa shape index (κ1) is 26.0. The van der Waals surface area contributed by atoms with Gasteiger partial charge in [-0.2, -0.15) is 0 Å². The van der Waals surface area contributed by atoms with Crippen LogP contribution >= 0.6 is 0 Å². The number of amidine groups is 1. The first-order valence-corrected chi connectivity index (χ1v) is 11.1. The highest BCUT2D eigenvalue weighted by Crippen LogP contribution is 2.15. The maximum absolute atomic E-state index is 12.4. The van der Waals surface area contributed by atoms with Gasteiger partial charge in [-0.05, 0) is 55.5 Å². The number of ether oxygens (including phenoxy) is 2. The van der Waals surface area contributed by atoms with Crippen molar-refractivity contribution in [3.63, 3.8) is 0 Å². The number of hydrogen-bond donors (Lipinski definition) is 4. The molecular weight excluding hydrogens is 466 g/mol. The van der Waals surface area contributed by atoms with Crippen LogP contribution in [0, 0.1) is 5.41 Å². The van der Waals surface area contributed by atoms with E-state index in [1.807, 2.05) is 6.92 Å². The summed E-state index contributed by atoms with van der Waals surface area (Å²) in [4.78, 5) is 28.6. The molecule has 1 aliphatic rings. The molecule has 1 aliphatic heterocycles. The molecule has 2 heterocycles. The van der Waals surface area contributed by atoms with E-state index >= 15 is 0 Å². The van der Waals surface area contributed by atoms with Gasteiger partial charge in [0.05, 0.1) is 31.6 Å². The Bertz CT molecular complexity index is 1160. The van der Waals surface area contributed by atoms with E-state index in [1.165, 1.54) is 18.3 Å². The third-order valence-corrected chi connectivity index (χ3v) is 4.94. The summed E-state index contributed by atoms with van der Waals surface area (Å²) in [7, 11) is 0. The van der Waals surface area contributed by atoms with Crippen LogP contribution in [0.4, 0.5) is 11.6 Å². The van der Waals surface area contributed by atoms with E-state index in [2.05, 4.69) is 20.5 Å². The summed E-state index contributed by atoms with van der Waals surface area (Å²) in [5.74, 6) is -0.131. The number of hydrogen-bond acceptors (Lipinski definition) is 9. The second-order valence-corrected chi connectivity index (χ2v) is 7.45. The predicted octanol–water partition coefficient (Wildman–Crippen LogP) is 2.16. The highest BCUT2D eigenvalue weighted by atomic mass is 16.5. The van der Waals surface area contributed by atoms with E-state index in [0.29, 0.717) is 44.2 Å². The highest BCUT2D eigenvalue weighted by Gasteiger charge is 2.18. The number of carbonyl (C=O) groups is 2. The zero-order valence-corrected chi connectivity index (χ0v) is 19.7. The van der Waals surface area contributed by atoms with Crippen LogP contribution in [0.2, 0.25) is 0 Å². The molecule has 1 aromatic heterocycles. The molecule has 0 aliphatic carbocycles. The summed E-state index contributed by atoms with van der Waals surface area (Å²) >= 11 is 0. The Kier molecular flexibility index (Phi) is 9.23. The Morgan fingerprint density at radius 1 is 1.08 bits per heavy atom. The number of carbonyl (C=O) groups excluding carboxylic acids is 1. The van der Waals surface area contributed by atoms with Crippen molar-refractivity contribution in [2.45, 2.75) is 6.92 Å². The second kappa shape index (κ2) is 12.8. The number of rotatable bonds is 7. The number of carboxylic acids is 1. The third kappa shape index (κ3) is 7.46. The zero-order chi connectivity index (χ0) is 25.9. The number of morpholine rings is 1. The molecule has 4 rings (SSSR count). The van der Waals surface area contributed by atoms with Crippen molar-refractivity contribution in [1.82, 2.24) is 20.1 Å². The lowest BCUT2D eigenvalue weighted by Gasteiger charge is -2.26. The van der Waals surface area contributed by atoms with Gasteiger partial charge in [0.1, 0.15) is 17.3 Å². The van der Waals surface area contributed by atoms with Gasteiger partial charge in [-0.3, -0.25) is 10.2 Å². The minimum absolute atomic E-state index is 0.00595. The van der Waals surface area contributed by atoms with Crippen LogP contribution in [0.1, 0.15) is 33.3 Å². The maximum Gasteiger partial charge on any atom is 0.335 e. The molecule has 0 saturated carbocycles. The average Bonchev–Trinajstić information content (AvgIpc) is 2.90. The summed E-state index contributed by atoms with van der Waals surface area (Å²) in [5, 5.41) is 26.4. The van der Waals surface area contributed by atoms with Gasteiger partial charge in [0.25, 0.3) is 5.91 Å². The van der Waals surface area contributed by atoms with Gasteiger partial charge >= 0.3 is 5.97 Å². The lowest BCUT2D eigenvalue weighted by atomic mass is 10.1.